The Morgan fingerprint density at radius 3 is 2.72 bits per heavy atom. The van der Waals surface area contributed by atoms with Gasteiger partial charge in [0.05, 0.1) is 5.38 Å². The van der Waals surface area contributed by atoms with Crippen LogP contribution in [0.15, 0.2) is 12.1 Å². The maximum atomic E-state index is 6.68. The lowest BCUT2D eigenvalue weighted by atomic mass is 10.1. The minimum Gasteiger partial charge on any atom is -0.157 e. The molecule has 0 fully saturated rings. The molecule has 0 aliphatic carbocycles. The third-order valence-electron chi connectivity index (χ3n) is 3.25. The zero-order chi connectivity index (χ0) is 12.7. The standard InChI is InChI=1S/C14H15ClS3/c1-8-5-11(9(2)17-8)14(15)13-6-10-7-16-4-3-12(10)18-13/h5-6,14H,3-4,7H2,1-2H3. The maximum Gasteiger partial charge on any atom is 0.0938 e. The normalized spacial score (nSPS) is 16.6. The van der Waals surface area contributed by atoms with Crippen LogP contribution in [-0.2, 0) is 12.2 Å². The average molecular weight is 315 g/mol. The van der Waals surface area contributed by atoms with E-state index in [1.807, 2.05) is 34.4 Å². The molecule has 0 nitrogen and oxygen atoms in total. The predicted octanol–water partition coefficient (Wildman–Crippen LogP) is 5.54. The van der Waals surface area contributed by atoms with E-state index in [-0.39, 0.29) is 5.38 Å². The van der Waals surface area contributed by atoms with Gasteiger partial charge in [-0.25, -0.2) is 0 Å². The Labute approximate surface area is 125 Å². The van der Waals surface area contributed by atoms with Gasteiger partial charge in [0.2, 0.25) is 0 Å². The summed E-state index contributed by atoms with van der Waals surface area (Å²) in [4.78, 5) is 5.59. The number of hydrogen-bond acceptors (Lipinski definition) is 3. The largest absolute Gasteiger partial charge is 0.157 e. The second kappa shape index (κ2) is 5.20. The van der Waals surface area contributed by atoms with Gasteiger partial charge in [-0.15, -0.1) is 34.3 Å². The minimum atomic E-state index is 0.0375. The first-order chi connectivity index (χ1) is 8.65. The summed E-state index contributed by atoms with van der Waals surface area (Å²) in [7, 11) is 0. The molecule has 4 heteroatoms. The molecular formula is C14H15ClS3. The molecule has 0 amide bonds. The number of rotatable bonds is 2. The minimum absolute atomic E-state index is 0.0375. The summed E-state index contributed by atoms with van der Waals surface area (Å²) in [5, 5.41) is 0.0375. The van der Waals surface area contributed by atoms with Crippen LogP contribution < -0.4 is 0 Å². The van der Waals surface area contributed by atoms with Crippen LogP contribution in [0.3, 0.4) is 0 Å². The van der Waals surface area contributed by atoms with Gasteiger partial charge in [-0.3, -0.25) is 0 Å². The lowest BCUT2D eigenvalue weighted by molar-refractivity contribution is 1.13. The van der Waals surface area contributed by atoms with E-state index in [1.54, 1.807) is 4.88 Å². The summed E-state index contributed by atoms with van der Waals surface area (Å²) in [6, 6.07) is 4.57. The summed E-state index contributed by atoms with van der Waals surface area (Å²) in [6.45, 7) is 4.33. The number of halogens is 1. The van der Waals surface area contributed by atoms with E-state index in [1.165, 1.54) is 37.9 Å². The topological polar surface area (TPSA) is 0 Å². The Hall–Kier alpha value is 0.0400. The zero-order valence-corrected chi connectivity index (χ0v) is 13.7. The number of thiophene rings is 2. The smallest absolute Gasteiger partial charge is 0.0938 e. The number of thioether (sulfide) groups is 1. The Morgan fingerprint density at radius 1 is 1.22 bits per heavy atom. The third kappa shape index (κ3) is 2.38. The van der Waals surface area contributed by atoms with E-state index < -0.39 is 0 Å². The van der Waals surface area contributed by atoms with Crippen LogP contribution in [0.2, 0.25) is 0 Å². The Morgan fingerprint density at radius 2 is 2.06 bits per heavy atom. The molecule has 0 aromatic carbocycles. The van der Waals surface area contributed by atoms with Gasteiger partial charge in [0, 0.05) is 25.3 Å². The maximum absolute atomic E-state index is 6.68. The van der Waals surface area contributed by atoms with Crippen LogP contribution >= 0.6 is 46.0 Å². The molecule has 0 N–H and O–H groups in total. The molecule has 18 heavy (non-hydrogen) atoms. The van der Waals surface area contributed by atoms with E-state index in [9.17, 15) is 0 Å². The van der Waals surface area contributed by atoms with Crippen molar-refractivity contribution in [3.63, 3.8) is 0 Å². The molecule has 3 rings (SSSR count). The Balaban J connectivity index is 1.94. The third-order valence-corrected chi connectivity index (χ3v) is 7.14. The monoisotopic (exact) mass is 314 g/mol. The van der Waals surface area contributed by atoms with Crippen molar-refractivity contribution in [1.29, 1.82) is 0 Å². The first kappa shape index (κ1) is 13.0. The number of alkyl halides is 1. The van der Waals surface area contributed by atoms with Gasteiger partial charge < -0.3 is 0 Å². The molecule has 0 radical (unpaired) electrons. The van der Waals surface area contributed by atoms with Crippen LogP contribution in [0, 0.1) is 13.8 Å². The van der Waals surface area contributed by atoms with Crippen molar-refractivity contribution >= 4 is 46.0 Å². The SMILES string of the molecule is Cc1cc(C(Cl)c2cc3c(s2)CCSC3)c(C)s1. The summed E-state index contributed by atoms with van der Waals surface area (Å²) in [6.07, 6.45) is 1.22. The molecule has 3 heterocycles. The molecule has 1 aliphatic rings. The van der Waals surface area contributed by atoms with Crippen molar-refractivity contribution in [2.24, 2.45) is 0 Å². The van der Waals surface area contributed by atoms with Crippen LogP contribution in [0.25, 0.3) is 0 Å². The molecule has 2 aromatic heterocycles. The van der Waals surface area contributed by atoms with E-state index in [4.69, 9.17) is 11.6 Å². The second-order valence-electron chi connectivity index (χ2n) is 4.63. The molecular weight excluding hydrogens is 300 g/mol. The van der Waals surface area contributed by atoms with Gasteiger partial charge in [0.15, 0.2) is 0 Å². The van der Waals surface area contributed by atoms with Crippen LogP contribution in [-0.4, -0.2) is 5.75 Å². The number of hydrogen-bond donors (Lipinski definition) is 0. The predicted molar refractivity (Wildman–Crippen MR) is 85.7 cm³/mol. The summed E-state index contributed by atoms with van der Waals surface area (Å²) >= 11 is 12.5. The molecule has 1 unspecified atom stereocenters. The number of fused-ring (bicyclic) bond motifs is 1. The van der Waals surface area contributed by atoms with Crippen molar-refractivity contribution in [2.45, 2.75) is 31.4 Å². The van der Waals surface area contributed by atoms with Crippen molar-refractivity contribution < 1.29 is 0 Å². The van der Waals surface area contributed by atoms with Gasteiger partial charge in [0.1, 0.15) is 0 Å². The first-order valence-electron chi connectivity index (χ1n) is 6.05. The highest BCUT2D eigenvalue weighted by atomic mass is 35.5. The molecule has 0 saturated carbocycles. The second-order valence-corrected chi connectivity index (χ2v) is 8.80. The van der Waals surface area contributed by atoms with Crippen LogP contribution in [0.4, 0.5) is 0 Å². The van der Waals surface area contributed by atoms with Crippen molar-refractivity contribution in [3.8, 4) is 0 Å². The van der Waals surface area contributed by atoms with E-state index in [2.05, 4.69) is 26.0 Å². The number of aryl methyl sites for hydroxylation is 3. The van der Waals surface area contributed by atoms with Crippen LogP contribution in [0.5, 0.6) is 0 Å². The Kier molecular flexibility index (Phi) is 3.77. The molecule has 1 atom stereocenters. The zero-order valence-electron chi connectivity index (χ0n) is 10.5. The quantitative estimate of drug-likeness (QED) is 0.655. The molecule has 0 spiro atoms. The lowest BCUT2D eigenvalue weighted by Gasteiger charge is -2.08. The van der Waals surface area contributed by atoms with Gasteiger partial charge in [-0.1, -0.05) is 0 Å². The molecule has 1 aliphatic heterocycles. The fourth-order valence-corrected chi connectivity index (χ4v) is 6.18. The molecule has 2 aromatic rings. The summed E-state index contributed by atoms with van der Waals surface area (Å²) < 4.78 is 0. The van der Waals surface area contributed by atoms with Gasteiger partial charge in [0.25, 0.3) is 0 Å². The highest BCUT2D eigenvalue weighted by Gasteiger charge is 2.21. The summed E-state index contributed by atoms with van der Waals surface area (Å²) in [5.74, 6) is 2.42. The van der Waals surface area contributed by atoms with Crippen LogP contribution in [0.1, 0.15) is 36.0 Å². The summed E-state index contributed by atoms with van der Waals surface area (Å²) in [5.41, 5.74) is 2.81. The fraction of sp³-hybridized carbons (Fsp3) is 0.429. The molecule has 96 valence electrons. The van der Waals surface area contributed by atoms with Crippen molar-refractivity contribution in [1.82, 2.24) is 0 Å². The highest BCUT2D eigenvalue weighted by molar-refractivity contribution is 7.98. The van der Waals surface area contributed by atoms with E-state index in [0.29, 0.717) is 0 Å². The van der Waals surface area contributed by atoms with E-state index >= 15 is 0 Å². The Bertz CT molecular complexity index is 544. The molecule has 0 bridgehead atoms. The fourth-order valence-electron chi connectivity index (χ4n) is 2.35. The van der Waals surface area contributed by atoms with Crippen molar-refractivity contribution in [2.75, 3.05) is 5.75 Å². The average Bonchev–Trinajstić information content (AvgIpc) is 2.91. The van der Waals surface area contributed by atoms with Gasteiger partial charge in [-0.2, -0.15) is 11.8 Å². The molecule has 0 saturated heterocycles. The van der Waals surface area contributed by atoms with E-state index in [0.717, 1.165) is 5.75 Å². The van der Waals surface area contributed by atoms with Gasteiger partial charge in [-0.05, 0) is 49.3 Å². The lowest BCUT2D eigenvalue weighted by Crippen LogP contribution is -1.96. The highest BCUT2D eigenvalue weighted by Crippen LogP contribution is 2.41. The first-order valence-corrected chi connectivity index (χ1v) is 9.28. The van der Waals surface area contributed by atoms with Gasteiger partial charge >= 0.3 is 0 Å². The van der Waals surface area contributed by atoms with Crippen molar-refractivity contribution in [3.05, 3.63) is 42.8 Å².